The minimum Gasteiger partial charge on any atom is -0.394 e. The van der Waals surface area contributed by atoms with Crippen LogP contribution < -0.4 is 0 Å². The summed E-state index contributed by atoms with van der Waals surface area (Å²) in [5.74, 6) is 0. The molecule has 0 bridgehead atoms. The van der Waals surface area contributed by atoms with Gasteiger partial charge in [-0.15, -0.1) is 0 Å². The highest BCUT2D eigenvalue weighted by atomic mass is 16.6. The first-order valence-electron chi connectivity index (χ1n) is 2.76. The predicted molar refractivity (Wildman–Crippen MR) is 33.6 cm³/mol. The fourth-order valence-corrected chi connectivity index (χ4v) is 0.354. The van der Waals surface area contributed by atoms with Gasteiger partial charge >= 0.3 is 0 Å². The quantitative estimate of drug-likeness (QED) is 0.288. The number of hydrogen-bond acceptors (Lipinski definition) is 4. The lowest BCUT2D eigenvalue weighted by Gasteiger charge is -2.13. The Labute approximate surface area is 54.5 Å². The zero-order chi connectivity index (χ0) is 7.28. The third-order valence-electron chi connectivity index (χ3n) is 0.803. The van der Waals surface area contributed by atoms with E-state index in [1.807, 2.05) is 0 Å². The van der Waals surface area contributed by atoms with Crippen LogP contribution in [0.3, 0.4) is 0 Å². The van der Waals surface area contributed by atoms with Crippen LogP contribution in [-0.4, -0.2) is 48.7 Å². The number of hydrogen-bond donors (Lipinski definition) is 3. The molecule has 0 aromatic carbocycles. The molecule has 0 radical (unpaired) electrons. The van der Waals surface area contributed by atoms with Crippen molar-refractivity contribution in [2.24, 2.45) is 0 Å². The summed E-state index contributed by atoms with van der Waals surface area (Å²) in [5.41, 5.74) is 0. The van der Waals surface area contributed by atoms with Crippen molar-refractivity contribution in [3.05, 3.63) is 0 Å². The molecule has 0 aliphatic rings. The molecular weight excluding hydrogens is 123 g/mol. The fourth-order valence-electron chi connectivity index (χ4n) is 0.354. The topological polar surface area (TPSA) is 69.9 Å². The highest BCUT2D eigenvalue weighted by Crippen LogP contribution is 1.89. The van der Waals surface area contributed by atoms with Crippen molar-refractivity contribution in [1.29, 1.82) is 0 Å². The van der Waals surface area contributed by atoms with Crippen LogP contribution in [-0.2, 0) is 4.74 Å². The first-order chi connectivity index (χ1) is 4.20. The van der Waals surface area contributed by atoms with Crippen LogP contribution in [0.4, 0.5) is 0 Å². The van der Waals surface area contributed by atoms with Gasteiger partial charge in [0.05, 0.1) is 19.2 Å². The Hall–Kier alpha value is -0.0951. The monoisotopic (exact) mass is 134 g/mol. The van der Waals surface area contributed by atoms with E-state index in [2.05, 4.69) is 4.74 Å². The molecule has 0 aliphatic heterocycles. The van der Waals surface area contributed by atoms with Crippen LogP contribution in [0.25, 0.3) is 0 Å². The van der Waals surface area contributed by atoms with Crippen molar-refractivity contribution in [3.63, 3.8) is 0 Å². The zero-order valence-corrected chi connectivity index (χ0v) is 5.32. The van der Waals surface area contributed by atoms with Gasteiger partial charge in [-0.05, 0) is 0 Å². The Balaban J connectivity index is 3.22. The van der Waals surface area contributed by atoms with E-state index in [9.17, 15) is 0 Å². The van der Waals surface area contributed by atoms with Gasteiger partial charge in [-0.3, -0.25) is 0 Å². The van der Waals surface area contributed by atoms with Gasteiger partial charge in [0, 0.05) is 0 Å². The Morgan fingerprint density at radius 1 is 1.33 bits per heavy atom. The lowest BCUT2D eigenvalue weighted by Crippen LogP contribution is -2.27. The maximum absolute atomic E-state index is 8.58. The van der Waals surface area contributed by atoms with Gasteiger partial charge < -0.3 is 20.1 Å². The van der Waals surface area contributed by atoms with E-state index < -0.39 is 18.9 Å². The van der Waals surface area contributed by atoms with Gasteiger partial charge in [0.1, 0.15) is 7.85 Å². The van der Waals surface area contributed by atoms with Crippen molar-refractivity contribution in [2.75, 3.05) is 13.2 Å². The molecule has 9 heavy (non-hydrogen) atoms. The molecule has 0 spiro atoms. The first kappa shape index (κ1) is 8.90. The van der Waals surface area contributed by atoms with Crippen LogP contribution in [0, 0.1) is 0 Å². The summed E-state index contributed by atoms with van der Waals surface area (Å²) >= 11 is 0. The van der Waals surface area contributed by atoms with Crippen LogP contribution in [0.2, 0.25) is 0 Å². The van der Waals surface area contributed by atoms with Crippen molar-refractivity contribution >= 4 is 7.85 Å². The van der Waals surface area contributed by atoms with Crippen molar-refractivity contribution < 1.29 is 20.1 Å². The van der Waals surface area contributed by atoms with E-state index in [0.717, 1.165) is 0 Å². The maximum Gasteiger partial charge on any atom is 0.177 e. The van der Waals surface area contributed by atoms with Crippen molar-refractivity contribution in [2.45, 2.75) is 12.3 Å². The molecule has 0 rings (SSSR count). The molecule has 3 N–H and O–H groups in total. The molecule has 0 aromatic rings. The standard InChI is InChI=1S/C4H11BO4/c5-3(1-6)9-4(8)2-7/h3-4,6-8H,1-2,5H2. The third-order valence-corrected chi connectivity index (χ3v) is 0.803. The highest BCUT2D eigenvalue weighted by molar-refractivity contribution is 6.11. The van der Waals surface area contributed by atoms with Gasteiger partial charge in [-0.25, -0.2) is 0 Å². The average Bonchev–Trinajstić information content (AvgIpc) is 1.87. The van der Waals surface area contributed by atoms with Gasteiger partial charge in [-0.2, -0.15) is 0 Å². The molecule has 2 unspecified atom stereocenters. The number of aliphatic hydroxyl groups is 3. The Bertz CT molecular complexity index is 61.6. The first-order valence-corrected chi connectivity index (χ1v) is 2.76. The average molecular weight is 134 g/mol. The minimum atomic E-state index is -1.17. The largest absolute Gasteiger partial charge is 0.394 e. The predicted octanol–water partition coefficient (Wildman–Crippen LogP) is -2.73. The van der Waals surface area contributed by atoms with Gasteiger partial charge in [0.15, 0.2) is 6.29 Å². The second kappa shape index (κ2) is 4.75. The molecule has 0 saturated heterocycles. The summed E-state index contributed by atoms with van der Waals surface area (Å²) in [7, 11) is 1.60. The number of ether oxygens (including phenoxy) is 1. The zero-order valence-electron chi connectivity index (χ0n) is 5.32. The van der Waals surface area contributed by atoms with E-state index in [1.54, 1.807) is 7.85 Å². The normalized spacial score (nSPS) is 17.2. The number of rotatable bonds is 4. The van der Waals surface area contributed by atoms with Crippen LogP contribution >= 0.6 is 0 Å². The van der Waals surface area contributed by atoms with Gasteiger partial charge in [0.2, 0.25) is 0 Å². The molecule has 0 aliphatic carbocycles. The van der Waals surface area contributed by atoms with Crippen molar-refractivity contribution in [3.8, 4) is 0 Å². The summed E-state index contributed by atoms with van der Waals surface area (Å²) in [5, 5.41) is 25.2. The van der Waals surface area contributed by atoms with Crippen LogP contribution in [0.1, 0.15) is 0 Å². The lowest BCUT2D eigenvalue weighted by atomic mass is 10.0. The Morgan fingerprint density at radius 2 is 1.89 bits per heavy atom. The summed E-state index contributed by atoms with van der Waals surface area (Å²) < 4.78 is 4.60. The molecule has 4 nitrogen and oxygen atoms in total. The SMILES string of the molecule is BC(CO)OC(O)CO. The van der Waals surface area contributed by atoms with E-state index in [-0.39, 0.29) is 6.61 Å². The summed E-state index contributed by atoms with van der Waals surface area (Å²) in [6.45, 7) is -0.596. The Morgan fingerprint density at radius 3 is 2.22 bits per heavy atom. The molecule has 0 amide bonds. The molecule has 2 atom stereocenters. The summed E-state index contributed by atoms with van der Waals surface area (Å²) in [4.78, 5) is 0. The van der Waals surface area contributed by atoms with E-state index in [0.29, 0.717) is 0 Å². The molecule has 0 fully saturated rings. The third kappa shape index (κ3) is 4.41. The van der Waals surface area contributed by atoms with Crippen LogP contribution in [0.5, 0.6) is 0 Å². The maximum atomic E-state index is 8.58. The second-order valence-electron chi connectivity index (χ2n) is 1.77. The smallest absolute Gasteiger partial charge is 0.177 e. The molecule has 5 heteroatoms. The molecular formula is C4H11BO4. The number of aliphatic hydroxyl groups excluding tert-OH is 3. The van der Waals surface area contributed by atoms with Crippen molar-refractivity contribution in [1.82, 2.24) is 0 Å². The molecule has 54 valence electrons. The fraction of sp³-hybridized carbons (Fsp3) is 1.00. The van der Waals surface area contributed by atoms with E-state index in [4.69, 9.17) is 15.3 Å². The molecule has 0 aromatic heterocycles. The molecule has 0 heterocycles. The van der Waals surface area contributed by atoms with Gasteiger partial charge in [-0.1, -0.05) is 0 Å². The lowest BCUT2D eigenvalue weighted by molar-refractivity contribution is -0.143. The van der Waals surface area contributed by atoms with E-state index >= 15 is 0 Å². The molecule has 0 saturated carbocycles. The second-order valence-corrected chi connectivity index (χ2v) is 1.77. The summed E-state index contributed by atoms with van der Waals surface area (Å²) in [6, 6.07) is -0.424. The van der Waals surface area contributed by atoms with E-state index in [1.165, 1.54) is 0 Å². The highest BCUT2D eigenvalue weighted by Gasteiger charge is 2.06. The van der Waals surface area contributed by atoms with Gasteiger partial charge in [0.25, 0.3) is 0 Å². The Kier molecular flexibility index (Phi) is 4.70. The minimum absolute atomic E-state index is 0.156. The van der Waals surface area contributed by atoms with Crippen LogP contribution in [0.15, 0.2) is 0 Å². The summed E-state index contributed by atoms with van der Waals surface area (Å²) in [6.07, 6.45) is -1.17.